The van der Waals surface area contributed by atoms with E-state index in [1.807, 2.05) is 0 Å². The summed E-state index contributed by atoms with van der Waals surface area (Å²) in [7, 11) is 0. The highest BCUT2D eigenvalue weighted by Gasteiger charge is 2.47. The molecule has 104 valence electrons. The zero-order valence-corrected chi connectivity index (χ0v) is 10.9. The zero-order chi connectivity index (χ0) is 13.9. The summed E-state index contributed by atoms with van der Waals surface area (Å²) >= 11 is 0. The third kappa shape index (κ3) is 1.72. The van der Waals surface area contributed by atoms with Gasteiger partial charge in [0.15, 0.2) is 5.82 Å². The number of nitrogens with one attached hydrogen (secondary N) is 1. The first-order valence-corrected chi connectivity index (χ1v) is 6.92. The monoisotopic (exact) mass is 275 g/mol. The van der Waals surface area contributed by atoms with Crippen LogP contribution in [0.15, 0.2) is 18.2 Å². The molecule has 2 unspecified atom stereocenters. The van der Waals surface area contributed by atoms with E-state index < -0.39 is 11.6 Å². The fourth-order valence-electron chi connectivity index (χ4n) is 3.59. The van der Waals surface area contributed by atoms with Crippen LogP contribution in [0.4, 0.5) is 14.6 Å². The lowest BCUT2D eigenvalue weighted by Gasteiger charge is -2.13. The fourth-order valence-corrected chi connectivity index (χ4v) is 3.59. The molecule has 1 aromatic heterocycles. The summed E-state index contributed by atoms with van der Waals surface area (Å²) in [5, 5.41) is 7.00. The summed E-state index contributed by atoms with van der Waals surface area (Å²) in [5.74, 6) is 1.10. The van der Waals surface area contributed by atoms with E-state index in [4.69, 9.17) is 5.73 Å². The van der Waals surface area contributed by atoms with Gasteiger partial charge in [0, 0.05) is 28.8 Å². The summed E-state index contributed by atoms with van der Waals surface area (Å²) in [6.45, 7) is 0. The predicted octanol–water partition coefficient (Wildman–Crippen LogP) is 3.45. The average Bonchev–Trinajstić information content (AvgIpc) is 2.83. The van der Waals surface area contributed by atoms with Gasteiger partial charge in [-0.05, 0) is 43.2 Å². The van der Waals surface area contributed by atoms with Crippen LogP contribution in [0.5, 0.6) is 0 Å². The van der Waals surface area contributed by atoms with Crippen LogP contribution in [0.3, 0.4) is 0 Å². The van der Waals surface area contributed by atoms with Gasteiger partial charge in [0.25, 0.3) is 0 Å². The number of rotatable bonds is 2. The normalized spacial score (nSPS) is 27.6. The number of benzene rings is 1. The quantitative estimate of drug-likeness (QED) is 0.882. The molecule has 1 aromatic carbocycles. The van der Waals surface area contributed by atoms with Crippen molar-refractivity contribution in [1.82, 2.24) is 10.2 Å². The van der Waals surface area contributed by atoms with Crippen LogP contribution in [0, 0.1) is 23.5 Å². The second-order valence-electron chi connectivity index (χ2n) is 5.95. The molecule has 2 fully saturated rings. The molecule has 0 amide bonds. The maximum absolute atomic E-state index is 14.0. The largest absolute Gasteiger partial charge is 0.382 e. The summed E-state index contributed by atoms with van der Waals surface area (Å²) in [5.41, 5.74) is 7.73. The van der Waals surface area contributed by atoms with E-state index >= 15 is 0 Å². The fraction of sp³-hybridized carbons (Fsp3) is 0.400. The Morgan fingerprint density at radius 3 is 2.60 bits per heavy atom. The van der Waals surface area contributed by atoms with Crippen molar-refractivity contribution in [3.63, 3.8) is 0 Å². The molecule has 3 N–H and O–H groups in total. The van der Waals surface area contributed by atoms with Crippen molar-refractivity contribution in [3.8, 4) is 11.1 Å². The number of H-pyrrole nitrogens is 1. The van der Waals surface area contributed by atoms with Gasteiger partial charge in [-0.15, -0.1) is 0 Å². The molecule has 0 radical (unpaired) electrons. The molecule has 0 saturated heterocycles. The number of nitrogens with zero attached hydrogens (tertiary/aromatic N) is 1. The Hall–Kier alpha value is -1.91. The first kappa shape index (κ1) is 11.9. The van der Waals surface area contributed by atoms with E-state index in [9.17, 15) is 8.78 Å². The van der Waals surface area contributed by atoms with Crippen molar-refractivity contribution in [2.45, 2.75) is 25.2 Å². The molecule has 2 aromatic rings. The highest BCUT2D eigenvalue weighted by molar-refractivity contribution is 5.77. The van der Waals surface area contributed by atoms with Gasteiger partial charge in [-0.3, -0.25) is 5.10 Å². The molecule has 0 spiro atoms. The number of halogens is 2. The average molecular weight is 275 g/mol. The summed E-state index contributed by atoms with van der Waals surface area (Å²) < 4.78 is 27.1. The standard InChI is InChI=1S/C15H15F2N3/c16-10-1-2-11(12(17)6-10)13-14(19-20-15(13)18)9-4-7-3-8(7)5-9/h1-2,6-9H,3-5H2,(H3,18,19,20). The molecule has 2 saturated carbocycles. The first-order valence-electron chi connectivity index (χ1n) is 6.92. The Morgan fingerprint density at radius 1 is 1.15 bits per heavy atom. The number of hydrogen-bond donors (Lipinski definition) is 2. The van der Waals surface area contributed by atoms with Crippen molar-refractivity contribution in [1.29, 1.82) is 0 Å². The maximum Gasteiger partial charge on any atom is 0.153 e. The van der Waals surface area contributed by atoms with Crippen molar-refractivity contribution >= 4 is 5.82 Å². The van der Waals surface area contributed by atoms with Crippen LogP contribution in [-0.2, 0) is 0 Å². The number of aromatic nitrogens is 2. The van der Waals surface area contributed by atoms with Gasteiger partial charge in [0.1, 0.15) is 11.6 Å². The topological polar surface area (TPSA) is 54.7 Å². The van der Waals surface area contributed by atoms with E-state index in [1.165, 1.54) is 18.6 Å². The summed E-state index contributed by atoms with van der Waals surface area (Å²) in [4.78, 5) is 0. The van der Waals surface area contributed by atoms with E-state index in [-0.39, 0.29) is 5.82 Å². The number of hydrogen-bond acceptors (Lipinski definition) is 2. The molecule has 5 heteroatoms. The van der Waals surface area contributed by atoms with E-state index in [1.54, 1.807) is 0 Å². The van der Waals surface area contributed by atoms with Gasteiger partial charge in [0.05, 0.1) is 0 Å². The minimum atomic E-state index is -0.595. The van der Waals surface area contributed by atoms with Crippen LogP contribution in [0.1, 0.15) is 30.9 Å². The van der Waals surface area contributed by atoms with E-state index in [2.05, 4.69) is 10.2 Å². The predicted molar refractivity (Wildman–Crippen MR) is 71.9 cm³/mol. The Balaban J connectivity index is 1.78. The van der Waals surface area contributed by atoms with Crippen molar-refractivity contribution in [3.05, 3.63) is 35.5 Å². The third-order valence-corrected chi connectivity index (χ3v) is 4.67. The van der Waals surface area contributed by atoms with Crippen LogP contribution in [0.25, 0.3) is 11.1 Å². The van der Waals surface area contributed by atoms with Crippen LogP contribution in [0.2, 0.25) is 0 Å². The first-order chi connectivity index (χ1) is 9.63. The highest BCUT2D eigenvalue weighted by atomic mass is 19.1. The Morgan fingerprint density at radius 2 is 1.90 bits per heavy atom. The molecule has 4 rings (SSSR count). The molecule has 1 heterocycles. The van der Waals surface area contributed by atoms with Gasteiger partial charge in [-0.2, -0.15) is 5.10 Å². The molecule has 2 aliphatic carbocycles. The van der Waals surface area contributed by atoms with Gasteiger partial charge in [-0.1, -0.05) is 0 Å². The van der Waals surface area contributed by atoms with E-state index in [0.29, 0.717) is 17.0 Å². The van der Waals surface area contributed by atoms with Crippen molar-refractivity contribution in [2.75, 3.05) is 5.73 Å². The third-order valence-electron chi connectivity index (χ3n) is 4.67. The highest BCUT2D eigenvalue weighted by Crippen LogP contribution is 2.58. The second kappa shape index (κ2) is 4.04. The van der Waals surface area contributed by atoms with Gasteiger partial charge in [-0.25, -0.2) is 8.78 Å². The Kier molecular flexibility index (Phi) is 2.40. The molecular formula is C15H15F2N3. The van der Waals surface area contributed by atoms with Gasteiger partial charge < -0.3 is 5.73 Å². The number of fused-ring (bicyclic) bond motifs is 1. The summed E-state index contributed by atoms with van der Waals surface area (Å²) in [6, 6.07) is 3.57. The minimum absolute atomic E-state index is 0.283. The molecule has 2 atom stereocenters. The second-order valence-corrected chi connectivity index (χ2v) is 5.95. The molecule has 3 nitrogen and oxygen atoms in total. The molecule has 20 heavy (non-hydrogen) atoms. The Labute approximate surface area is 115 Å². The lowest BCUT2D eigenvalue weighted by atomic mass is 9.93. The number of aromatic amines is 1. The SMILES string of the molecule is Nc1n[nH]c(C2CC3CC3C2)c1-c1ccc(F)cc1F. The number of anilines is 1. The van der Waals surface area contributed by atoms with Crippen molar-refractivity contribution < 1.29 is 8.78 Å². The van der Waals surface area contributed by atoms with Crippen LogP contribution >= 0.6 is 0 Å². The zero-order valence-electron chi connectivity index (χ0n) is 10.9. The lowest BCUT2D eigenvalue weighted by molar-refractivity contribution is 0.584. The lowest BCUT2D eigenvalue weighted by Crippen LogP contribution is -2.00. The van der Waals surface area contributed by atoms with Gasteiger partial charge in [0.2, 0.25) is 0 Å². The summed E-state index contributed by atoms with van der Waals surface area (Å²) in [6.07, 6.45) is 3.55. The molecule has 2 aliphatic rings. The minimum Gasteiger partial charge on any atom is -0.382 e. The van der Waals surface area contributed by atoms with Crippen LogP contribution < -0.4 is 5.73 Å². The maximum atomic E-state index is 14.0. The molecule has 0 bridgehead atoms. The van der Waals surface area contributed by atoms with Crippen LogP contribution in [-0.4, -0.2) is 10.2 Å². The van der Waals surface area contributed by atoms with Crippen molar-refractivity contribution in [2.24, 2.45) is 11.8 Å². The Bertz CT molecular complexity index is 670. The smallest absolute Gasteiger partial charge is 0.153 e. The van der Waals surface area contributed by atoms with Gasteiger partial charge >= 0.3 is 0 Å². The van der Waals surface area contributed by atoms with E-state index in [0.717, 1.165) is 36.4 Å². The molecular weight excluding hydrogens is 260 g/mol. The number of nitrogen functional groups attached to an aromatic ring is 1. The molecule has 0 aliphatic heterocycles. The number of nitrogens with two attached hydrogens (primary N) is 1.